The summed E-state index contributed by atoms with van der Waals surface area (Å²) in [6.07, 6.45) is 3.33. The lowest BCUT2D eigenvalue weighted by atomic mass is 10.0. The van der Waals surface area contributed by atoms with Crippen LogP contribution in [0.4, 0.5) is 22.0 Å². The summed E-state index contributed by atoms with van der Waals surface area (Å²) >= 11 is 0. The van der Waals surface area contributed by atoms with E-state index in [1.165, 1.54) is 16.4 Å². The van der Waals surface area contributed by atoms with Gasteiger partial charge in [-0.05, 0) is 69.1 Å². The fourth-order valence-corrected chi connectivity index (χ4v) is 4.98. The van der Waals surface area contributed by atoms with Crippen molar-refractivity contribution in [2.24, 2.45) is 7.05 Å². The zero-order valence-corrected chi connectivity index (χ0v) is 21.7. The zero-order valence-electron chi connectivity index (χ0n) is 21.7. The molecule has 0 radical (unpaired) electrons. The van der Waals surface area contributed by atoms with Crippen molar-refractivity contribution in [2.45, 2.75) is 32.7 Å². The van der Waals surface area contributed by atoms with Crippen molar-refractivity contribution in [1.82, 2.24) is 19.8 Å². The third-order valence-corrected chi connectivity index (χ3v) is 7.13. The van der Waals surface area contributed by atoms with Crippen LogP contribution >= 0.6 is 0 Å². The van der Waals surface area contributed by atoms with Gasteiger partial charge in [0.25, 0.3) is 5.56 Å². The Balaban J connectivity index is 1.43. The number of benzene rings is 2. The second kappa shape index (κ2) is 10.2. The molecule has 5 rings (SSSR count). The van der Waals surface area contributed by atoms with Gasteiger partial charge in [0.15, 0.2) is 11.6 Å². The Labute approximate surface area is 220 Å². The normalized spacial score (nSPS) is 17.2. The number of nitrogens with one attached hydrogen (secondary N) is 2. The Morgan fingerprint density at radius 3 is 2.53 bits per heavy atom. The Hall–Kier alpha value is -4.31. The highest BCUT2D eigenvalue weighted by atomic mass is 16.2. The fraction of sp³-hybridized carbons (Fsp3) is 0.321. The molecule has 38 heavy (non-hydrogen) atoms. The second-order valence-corrected chi connectivity index (χ2v) is 9.67. The number of rotatable bonds is 6. The monoisotopic (exact) mass is 514 g/mol. The number of carbonyl (C=O) groups excluding carboxylic acids is 3. The molecular weight excluding hydrogens is 484 g/mol. The van der Waals surface area contributed by atoms with Crippen molar-refractivity contribution in [2.75, 3.05) is 29.9 Å². The molecule has 0 spiro atoms. The molecule has 1 unspecified atom stereocenters. The molecule has 2 aliphatic rings. The summed E-state index contributed by atoms with van der Waals surface area (Å²) in [4.78, 5) is 58.1. The highest BCUT2D eigenvalue weighted by Gasteiger charge is 2.38. The number of aromatic nitrogens is 2. The molecule has 196 valence electrons. The minimum Gasteiger partial charge on any atom is -0.336 e. The van der Waals surface area contributed by atoms with Gasteiger partial charge < -0.3 is 15.2 Å². The maximum absolute atomic E-state index is 13.2. The van der Waals surface area contributed by atoms with Crippen LogP contribution in [0.25, 0.3) is 11.3 Å². The van der Waals surface area contributed by atoms with Crippen LogP contribution in [0.1, 0.15) is 35.7 Å². The molecular formula is C28H30N6O4. The van der Waals surface area contributed by atoms with Gasteiger partial charge in [0.1, 0.15) is 0 Å². The van der Waals surface area contributed by atoms with E-state index in [4.69, 9.17) is 0 Å². The molecule has 0 aliphatic carbocycles. The molecule has 3 heterocycles. The number of hydrogen-bond donors (Lipinski definition) is 2. The van der Waals surface area contributed by atoms with Crippen molar-refractivity contribution >= 4 is 34.9 Å². The molecule has 0 saturated carbocycles. The number of aryl methyl sites for hydroxylation is 1. The molecule has 2 N–H and O–H groups in total. The topological polar surface area (TPSA) is 117 Å². The number of carbonyl (C=O) groups is 3. The van der Waals surface area contributed by atoms with Crippen molar-refractivity contribution in [1.29, 1.82) is 0 Å². The second-order valence-electron chi connectivity index (χ2n) is 9.67. The van der Waals surface area contributed by atoms with Crippen LogP contribution in [0.5, 0.6) is 0 Å². The maximum atomic E-state index is 13.2. The molecule has 10 nitrogen and oxygen atoms in total. The fourth-order valence-electron chi connectivity index (χ4n) is 4.98. The van der Waals surface area contributed by atoms with Crippen LogP contribution in [0, 0.1) is 6.92 Å². The number of anilines is 3. The maximum Gasteiger partial charge on any atom is 0.331 e. The molecule has 0 bridgehead atoms. The Morgan fingerprint density at radius 2 is 1.84 bits per heavy atom. The third-order valence-electron chi connectivity index (χ3n) is 7.13. The number of amides is 3. The Bertz CT molecular complexity index is 1470. The molecule has 3 amide bonds. The molecule has 3 aromatic rings. The molecule has 10 heteroatoms. The first kappa shape index (κ1) is 25.3. The summed E-state index contributed by atoms with van der Waals surface area (Å²) in [5.41, 5.74) is 3.75. The molecule has 2 aliphatic heterocycles. The summed E-state index contributed by atoms with van der Waals surface area (Å²) in [5.74, 6) is -0.0684. The highest BCUT2D eigenvalue weighted by Crippen LogP contribution is 2.32. The zero-order chi connectivity index (χ0) is 27.0. The van der Waals surface area contributed by atoms with E-state index < -0.39 is 0 Å². The van der Waals surface area contributed by atoms with E-state index in [2.05, 4.69) is 15.6 Å². The Kier molecular flexibility index (Phi) is 6.81. The van der Waals surface area contributed by atoms with Gasteiger partial charge in [0, 0.05) is 48.8 Å². The molecule has 1 aromatic heterocycles. The molecule has 2 fully saturated rings. The standard InChI is InChI=1S/C28H30N6O4/c1-17-21(6-4-8-24(17)33-14-15-34(28(33)38)26(36)22-7-5-13-29-22)23-16-32(3)27(37)25(31-23)30-20-11-9-19(10-12-20)18(2)35/h4,6,8-12,16,22,29H,5,7,13-15H2,1-3H3,(H,30,31). The van der Waals surface area contributed by atoms with Crippen LogP contribution in [-0.4, -0.2) is 57.8 Å². The smallest absolute Gasteiger partial charge is 0.331 e. The summed E-state index contributed by atoms with van der Waals surface area (Å²) < 4.78 is 1.46. The number of Topliss-reactive ketones (excluding diaryl/α,β-unsaturated/α-hetero) is 1. The number of urea groups is 1. The van der Waals surface area contributed by atoms with E-state index in [1.54, 1.807) is 42.4 Å². The van der Waals surface area contributed by atoms with Crippen molar-refractivity contribution in [3.63, 3.8) is 0 Å². The first-order valence-corrected chi connectivity index (χ1v) is 12.7. The predicted octanol–water partition coefficient (Wildman–Crippen LogP) is 3.22. The molecule has 2 saturated heterocycles. The van der Waals surface area contributed by atoms with E-state index in [9.17, 15) is 19.2 Å². The minimum atomic E-state index is -0.325. The SMILES string of the molecule is CC(=O)c1ccc(Nc2nc(-c3cccc(N4CCN(C(=O)C5CCCN5)C4=O)c3C)cn(C)c2=O)cc1. The lowest BCUT2D eigenvalue weighted by Crippen LogP contribution is -2.45. The van der Waals surface area contributed by atoms with Gasteiger partial charge in [-0.2, -0.15) is 0 Å². The van der Waals surface area contributed by atoms with Gasteiger partial charge >= 0.3 is 6.03 Å². The van der Waals surface area contributed by atoms with Crippen molar-refractivity contribution in [3.8, 4) is 11.3 Å². The van der Waals surface area contributed by atoms with E-state index in [-0.39, 0.29) is 35.1 Å². The van der Waals surface area contributed by atoms with Crippen LogP contribution in [-0.2, 0) is 11.8 Å². The van der Waals surface area contributed by atoms with Crippen LogP contribution in [0.3, 0.4) is 0 Å². The lowest BCUT2D eigenvalue weighted by Gasteiger charge is -2.22. The lowest BCUT2D eigenvalue weighted by molar-refractivity contribution is -0.129. The molecule has 1 atom stereocenters. The first-order chi connectivity index (χ1) is 18.2. The Morgan fingerprint density at radius 1 is 1.08 bits per heavy atom. The van der Waals surface area contributed by atoms with Crippen LogP contribution in [0.15, 0.2) is 53.5 Å². The average Bonchev–Trinajstić information content (AvgIpc) is 3.57. The number of ketones is 1. The largest absolute Gasteiger partial charge is 0.336 e. The highest BCUT2D eigenvalue weighted by molar-refractivity contribution is 6.06. The van der Waals surface area contributed by atoms with Crippen molar-refractivity contribution < 1.29 is 14.4 Å². The van der Waals surface area contributed by atoms with Gasteiger partial charge in [0.2, 0.25) is 5.91 Å². The van der Waals surface area contributed by atoms with Gasteiger partial charge in [-0.1, -0.05) is 12.1 Å². The van der Waals surface area contributed by atoms with Gasteiger partial charge in [-0.15, -0.1) is 0 Å². The number of imide groups is 1. The minimum absolute atomic E-state index is 0.0397. The average molecular weight is 515 g/mol. The van der Waals surface area contributed by atoms with Gasteiger partial charge in [-0.25, -0.2) is 9.78 Å². The number of nitrogens with zero attached hydrogens (tertiary/aromatic N) is 4. The van der Waals surface area contributed by atoms with Gasteiger partial charge in [-0.3, -0.25) is 24.2 Å². The van der Waals surface area contributed by atoms with Crippen LogP contribution in [0.2, 0.25) is 0 Å². The number of hydrogen-bond acceptors (Lipinski definition) is 7. The van der Waals surface area contributed by atoms with E-state index in [0.29, 0.717) is 35.7 Å². The summed E-state index contributed by atoms with van der Waals surface area (Å²) in [6, 6.07) is 11.8. The van der Waals surface area contributed by atoms with Crippen molar-refractivity contribution in [3.05, 3.63) is 70.1 Å². The molecule has 2 aromatic carbocycles. The predicted molar refractivity (Wildman–Crippen MR) is 145 cm³/mol. The van der Waals surface area contributed by atoms with Gasteiger partial charge in [0.05, 0.1) is 11.7 Å². The first-order valence-electron chi connectivity index (χ1n) is 12.7. The third kappa shape index (κ3) is 4.70. The quantitative estimate of drug-likeness (QED) is 0.485. The summed E-state index contributed by atoms with van der Waals surface area (Å²) in [6.45, 7) is 4.94. The van der Waals surface area contributed by atoms with E-state index >= 15 is 0 Å². The summed E-state index contributed by atoms with van der Waals surface area (Å²) in [5, 5.41) is 6.23. The van der Waals surface area contributed by atoms with Crippen LogP contribution < -0.4 is 21.1 Å². The van der Waals surface area contributed by atoms with E-state index in [0.717, 1.165) is 30.5 Å². The van der Waals surface area contributed by atoms with E-state index in [1.807, 2.05) is 25.1 Å². The summed E-state index contributed by atoms with van der Waals surface area (Å²) in [7, 11) is 1.65.